The van der Waals surface area contributed by atoms with Gasteiger partial charge in [-0.2, -0.15) is 4.31 Å². The molecule has 2 atom stereocenters. The minimum absolute atomic E-state index is 0.0755. The number of aliphatic hydroxyl groups excluding tert-OH is 2. The molecule has 2 aliphatic rings. The highest BCUT2D eigenvalue weighted by Crippen LogP contribution is 2.36. The first kappa shape index (κ1) is 29.8. The van der Waals surface area contributed by atoms with Crippen molar-refractivity contribution < 1.29 is 27.0 Å². The number of fused-ring (bicyclic) bond motifs is 2. The minimum atomic E-state index is -3.37. The topological polar surface area (TPSA) is 124 Å². The van der Waals surface area contributed by atoms with Crippen molar-refractivity contribution in [3.8, 4) is 0 Å². The van der Waals surface area contributed by atoms with Gasteiger partial charge in [0.1, 0.15) is 8.42 Å². The van der Waals surface area contributed by atoms with Gasteiger partial charge >= 0.3 is 0 Å². The molecular weight excluding hydrogens is 708 g/mol. The second kappa shape index (κ2) is 13.8. The van der Waals surface area contributed by atoms with Crippen LogP contribution in [0, 0.1) is 0 Å². The van der Waals surface area contributed by atoms with Crippen molar-refractivity contribution in [3.63, 3.8) is 0 Å². The van der Waals surface area contributed by atoms with Crippen LogP contribution in [0.5, 0.6) is 0 Å². The number of alkyl halides is 3. The van der Waals surface area contributed by atoms with Gasteiger partial charge in [0.2, 0.25) is 0 Å². The van der Waals surface area contributed by atoms with Gasteiger partial charge in [0.05, 0.1) is 12.2 Å². The van der Waals surface area contributed by atoms with Crippen LogP contribution in [-0.2, 0) is 20.0 Å². The second-order valence-corrected chi connectivity index (χ2v) is 15.2. The molecule has 0 saturated carbocycles. The average molecular weight is 733 g/mol. The van der Waals surface area contributed by atoms with Crippen LogP contribution < -0.4 is 4.72 Å². The molecule has 0 fully saturated rings. The lowest BCUT2D eigenvalue weighted by molar-refractivity contribution is 0.139. The third-order valence-electron chi connectivity index (χ3n) is 4.50. The number of rotatable bonds is 5. The van der Waals surface area contributed by atoms with Gasteiger partial charge in [-0.1, -0.05) is 47.8 Å². The Bertz CT molecular complexity index is 1090. The Balaban J connectivity index is 0.000000200. The van der Waals surface area contributed by atoms with E-state index in [0.717, 1.165) is 33.7 Å². The van der Waals surface area contributed by atoms with Crippen molar-refractivity contribution in [2.24, 2.45) is 0 Å². The largest absolute Gasteiger partial charge is 0.387 e. The van der Waals surface area contributed by atoms with Gasteiger partial charge in [0.15, 0.2) is 0 Å². The Kier molecular flexibility index (Phi) is 12.4. The zero-order chi connectivity index (χ0) is 24.6. The average Bonchev–Trinajstić information content (AvgIpc) is 3.46. The highest BCUT2D eigenvalue weighted by atomic mass is 79.9. The summed E-state index contributed by atoms with van der Waals surface area (Å²) in [6.07, 6.45) is 0.571. The Morgan fingerprint density at radius 1 is 0.909 bits per heavy atom. The Morgan fingerprint density at radius 2 is 1.45 bits per heavy atom. The molecule has 0 amide bonds. The molecule has 0 radical (unpaired) electrons. The molecule has 188 valence electrons. The molecular formula is C18H25Br3N2O6S4. The molecule has 2 unspecified atom stereocenters. The molecule has 33 heavy (non-hydrogen) atoms. The number of hydrogen-bond donors (Lipinski definition) is 3. The molecule has 2 aromatic rings. The summed E-state index contributed by atoms with van der Waals surface area (Å²) < 4.78 is 51.0. The molecule has 0 saturated heterocycles. The first-order valence-electron chi connectivity index (χ1n) is 9.78. The summed E-state index contributed by atoms with van der Waals surface area (Å²) in [5.74, 6) is 0. The summed E-state index contributed by atoms with van der Waals surface area (Å²) in [7, 11) is -6.70. The molecule has 8 nitrogen and oxygen atoms in total. The molecule has 0 bridgehead atoms. The Morgan fingerprint density at radius 3 is 1.97 bits per heavy atom. The van der Waals surface area contributed by atoms with E-state index in [1.54, 1.807) is 22.9 Å². The van der Waals surface area contributed by atoms with E-state index < -0.39 is 32.3 Å². The summed E-state index contributed by atoms with van der Waals surface area (Å²) in [6, 6.07) is 3.33. The van der Waals surface area contributed by atoms with Crippen LogP contribution in [0.3, 0.4) is 0 Å². The SMILES string of the molecule is BrCCCBr.O=S1(=O)NCC(O)c2ccsc21.O=S1(=O)c2sccc2C(O)CN1CCCBr. The third kappa shape index (κ3) is 7.78. The number of nitrogens with zero attached hydrogens (tertiary/aromatic N) is 1. The lowest BCUT2D eigenvalue weighted by Gasteiger charge is -2.29. The Hall–Kier alpha value is 0.580. The number of nitrogens with one attached hydrogen (secondary N) is 1. The summed E-state index contributed by atoms with van der Waals surface area (Å²) in [6.45, 7) is 0.688. The monoisotopic (exact) mass is 730 g/mol. The van der Waals surface area contributed by atoms with E-state index in [1.807, 2.05) is 0 Å². The summed E-state index contributed by atoms with van der Waals surface area (Å²) >= 11 is 12.1. The smallest absolute Gasteiger partial charge is 0.253 e. The fourth-order valence-electron chi connectivity index (χ4n) is 2.90. The molecule has 4 rings (SSSR count). The van der Waals surface area contributed by atoms with Crippen molar-refractivity contribution in [2.45, 2.75) is 33.5 Å². The van der Waals surface area contributed by atoms with Gasteiger partial charge in [-0.15, -0.1) is 22.7 Å². The van der Waals surface area contributed by atoms with Crippen molar-refractivity contribution in [1.82, 2.24) is 9.03 Å². The highest BCUT2D eigenvalue weighted by Gasteiger charge is 2.36. The molecule has 0 aliphatic carbocycles. The maximum Gasteiger partial charge on any atom is 0.253 e. The van der Waals surface area contributed by atoms with Crippen LogP contribution in [0.25, 0.3) is 0 Å². The van der Waals surface area contributed by atoms with E-state index in [-0.39, 0.29) is 17.3 Å². The molecule has 4 heterocycles. The van der Waals surface area contributed by atoms with Crippen LogP contribution in [-0.4, -0.2) is 67.0 Å². The molecule has 0 aromatic carbocycles. The van der Waals surface area contributed by atoms with Crippen LogP contribution >= 0.6 is 70.5 Å². The molecule has 2 aliphatic heterocycles. The van der Waals surface area contributed by atoms with E-state index >= 15 is 0 Å². The molecule has 3 N–H and O–H groups in total. The van der Waals surface area contributed by atoms with Gasteiger partial charge < -0.3 is 10.2 Å². The Labute approximate surface area is 227 Å². The van der Waals surface area contributed by atoms with Crippen molar-refractivity contribution >= 4 is 90.5 Å². The minimum Gasteiger partial charge on any atom is -0.387 e. The van der Waals surface area contributed by atoms with E-state index in [9.17, 15) is 27.0 Å². The fraction of sp³-hybridized carbons (Fsp3) is 0.556. The molecule has 15 heteroatoms. The molecule has 2 aromatic heterocycles. The first-order chi connectivity index (χ1) is 15.6. The van der Waals surface area contributed by atoms with Crippen LogP contribution in [0.1, 0.15) is 36.2 Å². The van der Waals surface area contributed by atoms with Crippen LogP contribution in [0.2, 0.25) is 0 Å². The van der Waals surface area contributed by atoms with Crippen molar-refractivity contribution in [2.75, 3.05) is 35.6 Å². The maximum atomic E-state index is 12.1. The summed E-state index contributed by atoms with van der Waals surface area (Å²) in [5, 5.41) is 25.6. The van der Waals surface area contributed by atoms with Gasteiger partial charge in [0, 0.05) is 46.8 Å². The second-order valence-electron chi connectivity index (χ2n) is 6.85. The standard InChI is InChI=1S/C9H12BrNO3S2.C6H7NO3S2.C3H6Br2/c10-3-1-4-11-6-8(12)7-2-5-15-9(7)16(11,13)14;8-5-3-7-12(9,10)6-4(5)1-2-11-6;4-2-1-3-5/h2,5,8,12H,1,3-4,6H2;1-2,5,7-8H,3H2;1-3H2. The normalized spacial score (nSPS) is 22.7. The lowest BCUT2D eigenvalue weighted by atomic mass is 10.2. The van der Waals surface area contributed by atoms with Crippen molar-refractivity contribution in [3.05, 3.63) is 34.0 Å². The van der Waals surface area contributed by atoms with Gasteiger partial charge in [-0.3, -0.25) is 0 Å². The van der Waals surface area contributed by atoms with E-state index in [2.05, 4.69) is 52.5 Å². The predicted molar refractivity (Wildman–Crippen MR) is 143 cm³/mol. The molecule has 0 spiro atoms. The van der Waals surface area contributed by atoms with Gasteiger partial charge in [-0.05, 0) is 35.7 Å². The third-order valence-corrected chi connectivity index (χ3v) is 12.5. The quantitative estimate of drug-likeness (QED) is 0.402. The number of hydrogen-bond acceptors (Lipinski definition) is 8. The van der Waals surface area contributed by atoms with Gasteiger partial charge in [-0.25, -0.2) is 21.6 Å². The fourth-order valence-corrected chi connectivity index (χ4v) is 10.1. The lowest BCUT2D eigenvalue weighted by Crippen LogP contribution is -2.39. The number of halogens is 3. The summed E-state index contributed by atoms with van der Waals surface area (Å²) in [4.78, 5) is 0. The number of aliphatic hydroxyl groups is 2. The highest BCUT2D eigenvalue weighted by molar-refractivity contribution is 9.09. The maximum absolute atomic E-state index is 12.1. The number of thiophene rings is 2. The van der Waals surface area contributed by atoms with Crippen LogP contribution in [0.4, 0.5) is 0 Å². The summed E-state index contributed by atoms with van der Waals surface area (Å²) in [5.41, 5.74) is 1.05. The van der Waals surface area contributed by atoms with Crippen molar-refractivity contribution in [1.29, 1.82) is 0 Å². The predicted octanol–water partition coefficient (Wildman–Crippen LogP) is 3.81. The van der Waals surface area contributed by atoms with E-state index in [0.29, 0.717) is 21.9 Å². The first-order valence-corrected chi connectivity index (χ1v) is 17.8. The van der Waals surface area contributed by atoms with E-state index in [1.165, 1.54) is 22.1 Å². The number of sulfonamides is 2. The van der Waals surface area contributed by atoms with Crippen LogP contribution in [0.15, 0.2) is 31.3 Å². The zero-order valence-corrected chi connectivity index (χ0v) is 25.4. The van der Waals surface area contributed by atoms with Gasteiger partial charge in [0.25, 0.3) is 20.0 Å². The van der Waals surface area contributed by atoms with E-state index in [4.69, 9.17) is 0 Å². The zero-order valence-electron chi connectivity index (χ0n) is 17.4. The number of β-amino-alcohol motifs (C(OH)–C–C–N with tert-alkyl or cyclic N) is 2.